The molecule has 2 rings (SSSR count). The second kappa shape index (κ2) is 3.68. The molecule has 0 bridgehead atoms. The van der Waals surface area contributed by atoms with Gasteiger partial charge < -0.3 is 5.73 Å². The van der Waals surface area contributed by atoms with Crippen LogP contribution in [-0.2, 0) is 0 Å². The van der Waals surface area contributed by atoms with Gasteiger partial charge in [-0.1, -0.05) is 19.9 Å². The molecule has 0 amide bonds. The van der Waals surface area contributed by atoms with E-state index in [1.165, 1.54) is 0 Å². The zero-order chi connectivity index (χ0) is 10.8. The fourth-order valence-corrected chi connectivity index (χ4v) is 1.39. The third-order valence-electron chi connectivity index (χ3n) is 2.12. The first-order valence-electron chi connectivity index (χ1n) is 4.82. The van der Waals surface area contributed by atoms with Gasteiger partial charge in [0.05, 0.1) is 5.69 Å². The van der Waals surface area contributed by atoms with E-state index < -0.39 is 0 Å². The molecule has 1 aromatic heterocycles. The number of hydrogen-bond acceptors (Lipinski definition) is 4. The van der Waals surface area contributed by atoms with E-state index >= 15 is 0 Å². The van der Waals surface area contributed by atoms with Crippen LogP contribution in [0.1, 0.15) is 25.6 Å². The fraction of sp³-hybridized carbons (Fsp3) is 0.300. The van der Waals surface area contributed by atoms with Crippen LogP contribution in [-0.4, -0.2) is 20.2 Å². The number of nitrogens with two attached hydrogens (primary N) is 1. The Morgan fingerprint density at radius 1 is 1.33 bits per heavy atom. The number of hydrogen-bond donors (Lipinski definition) is 1. The van der Waals surface area contributed by atoms with Crippen molar-refractivity contribution in [1.82, 2.24) is 20.2 Å². The standard InChI is InChI=1S/C10H13N5/c1-7(2)10-12-13-14-15(10)9-5-3-4-8(11)6-9/h3-7H,11H2,1-2H3. The first-order chi connectivity index (χ1) is 7.18. The topological polar surface area (TPSA) is 69.6 Å². The molecule has 0 aliphatic rings. The van der Waals surface area contributed by atoms with Crippen LogP contribution < -0.4 is 5.73 Å². The van der Waals surface area contributed by atoms with Crippen molar-refractivity contribution in [3.8, 4) is 5.69 Å². The van der Waals surface area contributed by atoms with E-state index in [1.54, 1.807) is 4.68 Å². The van der Waals surface area contributed by atoms with Gasteiger partial charge in [0.15, 0.2) is 5.82 Å². The van der Waals surface area contributed by atoms with Gasteiger partial charge in [-0.2, -0.15) is 4.68 Å². The highest BCUT2D eigenvalue weighted by atomic mass is 15.5. The molecule has 0 radical (unpaired) electrons. The highest BCUT2D eigenvalue weighted by Gasteiger charge is 2.11. The van der Waals surface area contributed by atoms with Gasteiger partial charge in [-0.05, 0) is 28.6 Å². The summed E-state index contributed by atoms with van der Waals surface area (Å²) in [5, 5.41) is 11.6. The maximum Gasteiger partial charge on any atom is 0.159 e. The third-order valence-corrected chi connectivity index (χ3v) is 2.12. The number of tetrazole rings is 1. The lowest BCUT2D eigenvalue weighted by Crippen LogP contribution is -2.05. The Morgan fingerprint density at radius 2 is 2.13 bits per heavy atom. The van der Waals surface area contributed by atoms with Crippen molar-refractivity contribution in [2.24, 2.45) is 0 Å². The fourth-order valence-electron chi connectivity index (χ4n) is 1.39. The number of anilines is 1. The van der Waals surface area contributed by atoms with E-state index in [9.17, 15) is 0 Å². The lowest BCUT2D eigenvalue weighted by molar-refractivity contribution is 0.710. The van der Waals surface area contributed by atoms with Crippen molar-refractivity contribution < 1.29 is 0 Å². The molecule has 1 heterocycles. The van der Waals surface area contributed by atoms with Crippen LogP contribution in [0.15, 0.2) is 24.3 Å². The van der Waals surface area contributed by atoms with Crippen LogP contribution in [0.4, 0.5) is 5.69 Å². The maximum atomic E-state index is 5.71. The molecule has 1 aromatic carbocycles. The average molecular weight is 203 g/mol. The molecule has 0 saturated carbocycles. The van der Waals surface area contributed by atoms with Crippen LogP contribution in [0.5, 0.6) is 0 Å². The Morgan fingerprint density at radius 3 is 2.80 bits per heavy atom. The lowest BCUT2D eigenvalue weighted by Gasteiger charge is -2.06. The van der Waals surface area contributed by atoms with Crippen LogP contribution >= 0.6 is 0 Å². The molecule has 0 aliphatic carbocycles. The second-order valence-electron chi connectivity index (χ2n) is 3.70. The van der Waals surface area contributed by atoms with Crippen molar-refractivity contribution in [1.29, 1.82) is 0 Å². The molecule has 0 fully saturated rings. The summed E-state index contributed by atoms with van der Waals surface area (Å²) in [6.45, 7) is 4.10. The van der Waals surface area contributed by atoms with Gasteiger partial charge in [-0.3, -0.25) is 0 Å². The molecular formula is C10H13N5. The molecule has 0 spiro atoms. The molecule has 0 saturated heterocycles. The van der Waals surface area contributed by atoms with Crippen molar-refractivity contribution in [3.63, 3.8) is 0 Å². The predicted octanol–water partition coefficient (Wildman–Crippen LogP) is 1.37. The first-order valence-corrected chi connectivity index (χ1v) is 4.82. The lowest BCUT2D eigenvalue weighted by atomic mass is 10.2. The second-order valence-corrected chi connectivity index (χ2v) is 3.70. The normalized spacial score (nSPS) is 10.9. The van der Waals surface area contributed by atoms with E-state index in [-0.39, 0.29) is 5.92 Å². The Kier molecular flexibility index (Phi) is 2.37. The van der Waals surface area contributed by atoms with Crippen molar-refractivity contribution >= 4 is 5.69 Å². The summed E-state index contributed by atoms with van der Waals surface area (Å²) in [5.41, 5.74) is 7.31. The van der Waals surface area contributed by atoms with E-state index in [0.29, 0.717) is 5.69 Å². The molecule has 2 aromatic rings. The Hall–Kier alpha value is -1.91. The summed E-state index contributed by atoms with van der Waals surface area (Å²) >= 11 is 0. The summed E-state index contributed by atoms with van der Waals surface area (Å²) < 4.78 is 1.71. The Bertz CT molecular complexity index is 460. The Balaban J connectivity index is 2.49. The molecule has 5 nitrogen and oxygen atoms in total. The van der Waals surface area contributed by atoms with Gasteiger partial charge >= 0.3 is 0 Å². The van der Waals surface area contributed by atoms with Gasteiger partial charge in [0, 0.05) is 11.6 Å². The third kappa shape index (κ3) is 1.81. The van der Waals surface area contributed by atoms with Gasteiger partial charge in [-0.25, -0.2) is 0 Å². The van der Waals surface area contributed by atoms with E-state index in [2.05, 4.69) is 29.4 Å². The zero-order valence-corrected chi connectivity index (χ0v) is 8.75. The van der Waals surface area contributed by atoms with E-state index in [4.69, 9.17) is 5.73 Å². The van der Waals surface area contributed by atoms with Gasteiger partial charge in [0.2, 0.25) is 0 Å². The maximum absolute atomic E-state index is 5.71. The van der Waals surface area contributed by atoms with E-state index in [1.807, 2.05) is 24.3 Å². The smallest absolute Gasteiger partial charge is 0.159 e. The minimum atomic E-state index is 0.279. The van der Waals surface area contributed by atoms with Gasteiger partial charge in [0.1, 0.15) is 0 Å². The number of rotatable bonds is 2. The average Bonchev–Trinajstić information content (AvgIpc) is 2.65. The highest BCUT2D eigenvalue weighted by molar-refractivity contribution is 5.47. The predicted molar refractivity (Wildman–Crippen MR) is 57.7 cm³/mol. The summed E-state index contributed by atoms with van der Waals surface area (Å²) in [6.07, 6.45) is 0. The van der Waals surface area contributed by atoms with Crippen molar-refractivity contribution in [3.05, 3.63) is 30.1 Å². The Labute approximate surface area is 87.9 Å². The van der Waals surface area contributed by atoms with Crippen LogP contribution in [0.25, 0.3) is 5.69 Å². The quantitative estimate of drug-likeness (QED) is 0.748. The van der Waals surface area contributed by atoms with Crippen molar-refractivity contribution in [2.45, 2.75) is 19.8 Å². The van der Waals surface area contributed by atoms with Crippen LogP contribution in [0, 0.1) is 0 Å². The first kappa shape index (κ1) is 9.64. The van der Waals surface area contributed by atoms with Gasteiger partial charge in [-0.15, -0.1) is 5.10 Å². The zero-order valence-electron chi connectivity index (χ0n) is 8.75. The largest absolute Gasteiger partial charge is 0.399 e. The number of nitrogen functional groups attached to an aromatic ring is 1. The molecule has 15 heavy (non-hydrogen) atoms. The van der Waals surface area contributed by atoms with Crippen LogP contribution in [0.3, 0.4) is 0 Å². The SMILES string of the molecule is CC(C)c1nnnn1-c1cccc(N)c1. The van der Waals surface area contributed by atoms with Crippen molar-refractivity contribution in [2.75, 3.05) is 5.73 Å². The molecule has 0 atom stereocenters. The molecule has 2 N–H and O–H groups in total. The highest BCUT2D eigenvalue weighted by Crippen LogP contribution is 2.16. The van der Waals surface area contributed by atoms with Crippen LogP contribution in [0.2, 0.25) is 0 Å². The monoisotopic (exact) mass is 203 g/mol. The van der Waals surface area contributed by atoms with Gasteiger partial charge in [0.25, 0.3) is 0 Å². The summed E-state index contributed by atoms with van der Waals surface area (Å²) in [6, 6.07) is 7.50. The number of aromatic nitrogens is 4. The molecule has 0 unspecified atom stereocenters. The number of benzene rings is 1. The number of nitrogens with zero attached hydrogens (tertiary/aromatic N) is 4. The molecule has 5 heteroatoms. The summed E-state index contributed by atoms with van der Waals surface area (Å²) in [5.74, 6) is 1.11. The minimum Gasteiger partial charge on any atom is -0.399 e. The molecule has 78 valence electrons. The summed E-state index contributed by atoms with van der Waals surface area (Å²) in [4.78, 5) is 0. The molecule has 0 aliphatic heterocycles. The van der Waals surface area contributed by atoms with E-state index in [0.717, 1.165) is 11.5 Å². The minimum absolute atomic E-state index is 0.279. The summed E-state index contributed by atoms with van der Waals surface area (Å²) in [7, 11) is 0. The molecular weight excluding hydrogens is 190 g/mol.